The second kappa shape index (κ2) is 11.7. The summed E-state index contributed by atoms with van der Waals surface area (Å²) in [7, 11) is 0. The summed E-state index contributed by atoms with van der Waals surface area (Å²) in [5.41, 5.74) is 2.39. The zero-order valence-electron chi connectivity index (χ0n) is 20.2. The van der Waals surface area contributed by atoms with Crippen LogP contribution < -0.4 is 14.5 Å². The highest BCUT2D eigenvalue weighted by Crippen LogP contribution is 2.33. The van der Waals surface area contributed by atoms with Gasteiger partial charge in [0.05, 0.1) is 21.4 Å². The number of thiocarbonyl (C=S) groups is 1. The normalized spacial score (nSPS) is 13.6. The van der Waals surface area contributed by atoms with Gasteiger partial charge in [-0.15, -0.1) is 0 Å². The van der Waals surface area contributed by atoms with Crippen molar-refractivity contribution in [2.45, 2.75) is 6.61 Å². The molecule has 5 nitrogen and oxygen atoms in total. The molecule has 39 heavy (non-hydrogen) atoms. The predicted octanol–water partition coefficient (Wildman–Crippen LogP) is 8.08. The van der Waals surface area contributed by atoms with Gasteiger partial charge in [0.15, 0.2) is 5.11 Å². The molecule has 0 N–H and O–H groups in total. The highest BCUT2D eigenvalue weighted by molar-refractivity contribution is 9.10. The Morgan fingerprint density at radius 2 is 1.36 bits per heavy atom. The summed E-state index contributed by atoms with van der Waals surface area (Å²) in [6.07, 6.45) is 1.53. The molecule has 1 saturated heterocycles. The zero-order chi connectivity index (χ0) is 27.5. The average molecular weight is 638 g/mol. The number of nitrogens with zero attached hydrogens (tertiary/aromatic N) is 2. The van der Waals surface area contributed by atoms with Crippen molar-refractivity contribution in [2.24, 2.45) is 0 Å². The monoisotopic (exact) mass is 636 g/mol. The highest BCUT2D eigenvalue weighted by Gasteiger charge is 2.41. The molecule has 1 heterocycles. The molecule has 4 aromatic rings. The number of anilines is 2. The second-order valence-electron chi connectivity index (χ2n) is 8.51. The smallest absolute Gasteiger partial charge is 0.270 e. The van der Waals surface area contributed by atoms with Gasteiger partial charge in [-0.2, -0.15) is 0 Å². The third-order valence-corrected chi connectivity index (χ3v) is 7.53. The molecule has 1 aliphatic heterocycles. The van der Waals surface area contributed by atoms with Gasteiger partial charge in [-0.25, -0.2) is 0 Å². The van der Waals surface area contributed by atoms with Gasteiger partial charge in [0.1, 0.15) is 17.9 Å². The molecule has 0 spiro atoms. The molecule has 0 bridgehead atoms. The molecule has 0 aliphatic carbocycles. The molecule has 5 rings (SSSR count). The maximum Gasteiger partial charge on any atom is 0.270 e. The van der Waals surface area contributed by atoms with E-state index in [4.69, 9.17) is 40.2 Å². The number of hydrogen-bond donors (Lipinski definition) is 0. The molecule has 0 unspecified atom stereocenters. The van der Waals surface area contributed by atoms with Crippen LogP contribution in [0.15, 0.2) is 107 Å². The Morgan fingerprint density at radius 3 is 1.92 bits per heavy atom. The van der Waals surface area contributed by atoms with E-state index in [0.717, 1.165) is 10.0 Å². The molecule has 0 saturated carbocycles. The summed E-state index contributed by atoms with van der Waals surface area (Å²) < 4.78 is 6.84. The fraction of sp³-hybridized carbons (Fsp3) is 0.0333. The number of ether oxygens (including phenoxy) is 1. The van der Waals surface area contributed by atoms with Crippen LogP contribution in [0.1, 0.15) is 11.1 Å². The van der Waals surface area contributed by atoms with Gasteiger partial charge < -0.3 is 4.74 Å². The molecule has 2 amide bonds. The van der Waals surface area contributed by atoms with Crippen LogP contribution in [0, 0.1) is 0 Å². The van der Waals surface area contributed by atoms with Crippen molar-refractivity contribution in [3.05, 3.63) is 128 Å². The molecule has 0 radical (unpaired) electrons. The first-order valence-electron chi connectivity index (χ1n) is 11.7. The molecule has 1 aliphatic rings. The Labute approximate surface area is 249 Å². The van der Waals surface area contributed by atoms with Gasteiger partial charge in [-0.1, -0.05) is 81.6 Å². The maximum absolute atomic E-state index is 13.8. The number of carbonyl (C=O) groups excluding carboxylic acids is 2. The number of halogens is 3. The van der Waals surface area contributed by atoms with E-state index in [2.05, 4.69) is 15.9 Å². The standard InChI is InChI=1S/C30H19BrCl2N2O3S/c31-21-12-14-27(38-18-19-11-13-25(32)26(33)15-19)20(16-21)17-24-28(36)34(22-7-3-1-4-8-22)30(39)35(29(24)37)23-9-5-2-6-10-23/h1-17H,18H2. The van der Waals surface area contributed by atoms with E-state index in [1.807, 2.05) is 24.3 Å². The number of amides is 2. The van der Waals surface area contributed by atoms with E-state index in [1.54, 1.807) is 72.8 Å². The largest absolute Gasteiger partial charge is 0.488 e. The van der Waals surface area contributed by atoms with Crippen molar-refractivity contribution >= 4 is 85.7 Å². The third-order valence-electron chi connectivity index (χ3n) is 5.93. The van der Waals surface area contributed by atoms with E-state index in [1.165, 1.54) is 15.9 Å². The number of para-hydroxylation sites is 2. The fourth-order valence-corrected chi connectivity index (χ4v) is 5.12. The lowest BCUT2D eigenvalue weighted by Gasteiger charge is -2.36. The van der Waals surface area contributed by atoms with Gasteiger partial charge in [0, 0.05) is 10.0 Å². The van der Waals surface area contributed by atoms with Gasteiger partial charge in [0.25, 0.3) is 11.8 Å². The Hall–Kier alpha value is -3.49. The van der Waals surface area contributed by atoms with E-state index < -0.39 is 11.8 Å². The lowest BCUT2D eigenvalue weighted by Crippen LogP contribution is -2.56. The molecule has 1 fully saturated rings. The van der Waals surface area contributed by atoms with Gasteiger partial charge in [-0.05, 0) is 78.5 Å². The van der Waals surface area contributed by atoms with Crippen molar-refractivity contribution in [3.8, 4) is 5.75 Å². The van der Waals surface area contributed by atoms with Crippen LogP contribution in [-0.4, -0.2) is 16.9 Å². The molecular weight excluding hydrogens is 619 g/mol. The van der Waals surface area contributed by atoms with Crippen LogP contribution in [0.25, 0.3) is 6.08 Å². The predicted molar refractivity (Wildman–Crippen MR) is 163 cm³/mol. The lowest BCUT2D eigenvalue weighted by molar-refractivity contribution is -0.120. The summed E-state index contributed by atoms with van der Waals surface area (Å²) >= 11 is 21.3. The van der Waals surface area contributed by atoms with Gasteiger partial charge in [0.2, 0.25) is 0 Å². The first-order valence-corrected chi connectivity index (χ1v) is 13.7. The van der Waals surface area contributed by atoms with Crippen molar-refractivity contribution < 1.29 is 14.3 Å². The van der Waals surface area contributed by atoms with Crippen molar-refractivity contribution in [1.82, 2.24) is 0 Å². The molecule has 194 valence electrons. The number of benzene rings is 4. The molecule has 0 atom stereocenters. The van der Waals surface area contributed by atoms with Crippen LogP contribution >= 0.6 is 51.3 Å². The van der Waals surface area contributed by atoms with Crippen molar-refractivity contribution in [2.75, 3.05) is 9.80 Å². The van der Waals surface area contributed by atoms with Crippen LogP contribution in [-0.2, 0) is 16.2 Å². The van der Waals surface area contributed by atoms with Crippen molar-refractivity contribution in [1.29, 1.82) is 0 Å². The lowest BCUT2D eigenvalue weighted by atomic mass is 10.0. The van der Waals surface area contributed by atoms with Crippen LogP contribution in [0.2, 0.25) is 10.0 Å². The Bertz CT molecular complexity index is 1550. The summed E-state index contributed by atoms with van der Waals surface area (Å²) in [5.74, 6) is -0.583. The average Bonchev–Trinajstić information content (AvgIpc) is 2.93. The van der Waals surface area contributed by atoms with Gasteiger partial charge >= 0.3 is 0 Å². The molecule has 4 aromatic carbocycles. The molecular formula is C30H19BrCl2N2O3S. The van der Waals surface area contributed by atoms with E-state index >= 15 is 0 Å². The SMILES string of the molecule is O=C1C(=Cc2cc(Br)ccc2OCc2ccc(Cl)c(Cl)c2)C(=O)N(c2ccccc2)C(=S)N1c1ccccc1. The summed E-state index contributed by atoms with van der Waals surface area (Å²) in [6, 6.07) is 28.6. The number of hydrogen-bond acceptors (Lipinski definition) is 4. The zero-order valence-corrected chi connectivity index (χ0v) is 24.1. The quantitative estimate of drug-likeness (QED) is 0.122. The van der Waals surface area contributed by atoms with Crippen LogP contribution in [0.3, 0.4) is 0 Å². The Kier molecular flexibility index (Phi) is 8.14. The Balaban J connectivity index is 1.57. The van der Waals surface area contributed by atoms with Crippen LogP contribution in [0.4, 0.5) is 11.4 Å². The van der Waals surface area contributed by atoms with E-state index in [0.29, 0.717) is 32.7 Å². The number of carbonyl (C=O) groups is 2. The van der Waals surface area contributed by atoms with E-state index in [9.17, 15) is 9.59 Å². The minimum Gasteiger partial charge on any atom is -0.488 e. The summed E-state index contributed by atoms with van der Waals surface area (Å²) in [6.45, 7) is 0.201. The minimum atomic E-state index is -0.529. The first-order chi connectivity index (χ1) is 18.8. The maximum atomic E-state index is 13.8. The van der Waals surface area contributed by atoms with Crippen molar-refractivity contribution in [3.63, 3.8) is 0 Å². The summed E-state index contributed by atoms with van der Waals surface area (Å²) in [5, 5.41) is 0.949. The Morgan fingerprint density at radius 1 is 0.769 bits per heavy atom. The fourth-order valence-electron chi connectivity index (χ4n) is 4.05. The first kappa shape index (κ1) is 27.1. The molecule has 0 aromatic heterocycles. The van der Waals surface area contributed by atoms with E-state index in [-0.39, 0.29) is 17.3 Å². The van der Waals surface area contributed by atoms with Crippen LogP contribution in [0.5, 0.6) is 5.75 Å². The van der Waals surface area contributed by atoms with Gasteiger partial charge in [-0.3, -0.25) is 19.4 Å². The second-order valence-corrected chi connectivity index (χ2v) is 10.6. The third kappa shape index (κ3) is 5.77. The molecule has 9 heteroatoms. The minimum absolute atomic E-state index is 0.0613. The summed E-state index contributed by atoms with van der Waals surface area (Å²) in [4.78, 5) is 30.4. The highest BCUT2D eigenvalue weighted by atomic mass is 79.9. The number of rotatable bonds is 6. The topological polar surface area (TPSA) is 49.9 Å².